The highest BCUT2D eigenvalue weighted by molar-refractivity contribution is 7.89. The van der Waals surface area contributed by atoms with Crippen LogP contribution in [0.4, 0.5) is 0 Å². The minimum atomic E-state index is -3.49. The van der Waals surface area contributed by atoms with Crippen LogP contribution in [0, 0.1) is 0 Å². The standard InChI is InChI=1S/C23H28N2O5S/c1-29-20-10-7-19(8-11-20)15-25-21-16-24(17-22(21)30-13-14-31(25,27)28)23(26)12-9-18-5-3-2-4-6-18/h2-8,10-11,21-22H,9,12-17H2,1H3/t21-,22+/m1/s1. The van der Waals surface area contributed by atoms with E-state index in [0.717, 1.165) is 16.9 Å². The van der Waals surface area contributed by atoms with Crippen LogP contribution in [0.25, 0.3) is 0 Å². The molecule has 1 amide bonds. The maximum Gasteiger partial charge on any atom is 0.223 e. The van der Waals surface area contributed by atoms with Crippen LogP contribution in [-0.2, 0) is 32.5 Å². The van der Waals surface area contributed by atoms with Gasteiger partial charge < -0.3 is 14.4 Å². The summed E-state index contributed by atoms with van der Waals surface area (Å²) in [5, 5.41) is 0. The number of ether oxygens (including phenoxy) is 2. The Morgan fingerprint density at radius 2 is 1.81 bits per heavy atom. The van der Waals surface area contributed by atoms with Gasteiger partial charge in [-0.05, 0) is 29.7 Å². The summed E-state index contributed by atoms with van der Waals surface area (Å²) in [6.45, 7) is 1.18. The summed E-state index contributed by atoms with van der Waals surface area (Å²) in [5.41, 5.74) is 1.99. The van der Waals surface area contributed by atoms with E-state index in [1.807, 2.05) is 54.6 Å². The zero-order chi connectivity index (χ0) is 21.8. The maximum absolute atomic E-state index is 13.0. The number of hydrogen-bond acceptors (Lipinski definition) is 5. The first kappa shape index (κ1) is 21.8. The Kier molecular flexibility index (Phi) is 6.60. The van der Waals surface area contributed by atoms with Gasteiger partial charge in [-0.1, -0.05) is 42.5 Å². The summed E-state index contributed by atoms with van der Waals surface area (Å²) in [7, 11) is -1.90. The van der Waals surface area contributed by atoms with Crippen LogP contribution in [-0.4, -0.2) is 68.2 Å². The molecule has 2 heterocycles. The predicted octanol–water partition coefficient (Wildman–Crippen LogP) is 2.07. The van der Waals surface area contributed by atoms with Crippen molar-refractivity contribution >= 4 is 15.9 Å². The van der Waals surface area contributed by atoms with Crippen LogP contribution in [0.5, 0.6) is 5.75 Å². The quantitative estimate of drug-likeness (QED) is 0.682. The second-order valence-corrected chi connectivity index (χ2v) is 10.0. The minimum absolute atomic E-state index is 0.0299. The summed E-state index contributed by atoms with van der Waals surface area (Å²) in [6, 6.07) is 16.9. The smallest absolute Gasteiger partial charge is 0.223 e. The van der Waals surface area contributed by atoms with Crippen molar-refractivity contribution in [3.05, 3.63) is 65.7 Å². The highest BCUT2D eigenvalue weighted by Crippen LogP contribution is 2.28. The summed E-state index contributed by atoms with van der Waals surface area (Å²) < 4.78 is 38.5. The van der Waals surface area contributed by atoms with Crippen molar-refractivity contribution in [2.45, 2.75) is 31.5 Å². The van der Waals surface area contributed by atoms with Crippen LogP contribution < -0.4 is 4.74 Å². The average Bonchev–Trinajstić information content (AvgIpc) is 3.15. The lowest BCUT2D eigenvalue weighted by Gasteiger charge is -2.28. The van der Waals surface area contributed by atoms with Crippen LogP contribution in [0.3, 0.4) is 0 Å². The molecule has 2 aliphatic rings. The van der Waals surface area contributed by atoms with E-state index in [1.54, 1.807) is 12.0 Å². The SMILES string of the molecule is COc1ccc(CN2[C@@H]3CN(C(=O)CCc4ccccc4)C[C@@H]3OCCS2(=O)=O)cc1. The van der Waals surface area contributed by atoms with E-state index < -0.39 is 10.0 Å². The van der Waals surface area contributed by atoms with Crippen molar-refractivity contribution in [2.24, 2.45) is 0 Å². The summed E-state index contributed by atoms with van der Waals surface area (Å²) in [6.07, 6.45) is 0.755. The molecule has 0 spiro atoms. The van der Waals surface area contributed by atoms with Crippen LogP contribution in [0.1, 0.15) is 17.5 Å². The number of rotatable bonds is 6. The van der Waals surface area contributed by atoms with Crippen LogP contribution in [0.15, 0.2) is 54.6 Å². The van der Waals surface area contributed by atoms with Gasteiger partial charge in [0.05, 0.1) is 31.6 Å². The molecule has 0 unspecified atom stereocenters. The van der Waals surface area contributed by atoms with Gasteiger partial charge in [0.25, 0.3) is 0 Å². The van der Waals surface area contributed by atoms with E-state index in [-0.39, 0.29) is 37.0 Å². The molecule has 2 fully saturated rings. The summed E-state index contributed by atoms with van der Waals surface area (Å²) in [5.74, 6) is 0.708. The van der Waals surface area contributed by atoms with Gasteiger partial charge in [-0.2, -0.15) is 4.31 Å². The van der Waals surface area contributed by atoms with Crippen molar-refractivity contribution < 1.29 is 22.7 Å². The zero-order valence-electron chi connectivity index (χ0n) is 17.6. The average molecular weight is 445 g/mol. The molecule has 0 saturated carbocycles. The molecule has 0 radical (unpaired) electrons. The molecule has 166 valence electrons. The predicted molar refractivity (Wildman–Crippen MR) is 117 cm³/mol. The van der Waals surface area contributed by atoms with E-state index in [2.05, 4.69) is 0 Å². The Balaban J connectivity index is 1.47. The molecular formula is C23H28N2O5S. The fraction of sp³-hybridized carbons (Fsp3) is 0.435. The minimum Gasteiger partial charge on any atom is -0.497 e. The molecular weight excluding hydrogens is 416 g/mol. The first-order valence-corrected chi connectivity index (χ1v) is 12.1. The van der Waals surface area contributed by atoms with Gasteiger partial charge in [-0.25, -0.2) is 8.42 Å². The van der Waals surface area contributed by atoms with Crippen LogP contribution in [0.2, 0.25) is 0 Å². The second-order valence-electron chi connectivity index (χ2n) is 7.97. The molecule has 7 nitrogen and oxygen atoms in total. The third-order valence-electron chi connectivity index (χ3n) is 5.96. The van der Waals surface area contributed by atoms with E-state index >= 15 is 0 Å². The number of amides is 1. The first-order valence-electron chi connectivity index (χ1n) is 10.5. The number of aryl methyl sites for hydroxylation is 1. The largest absolute Gasteiger partial charge is 0.497 e. The molecule has 0 N–H and O–H groups in total. The number of carbonyl (C=O) groups excluding carboxylic acids is 1. The highest BCUT2D eigenvalue weighted by atomic mass is 32.2. The molecule has 0 aliphatic carbocycles. The summed E-state index contributed by atoms with van der Waals surface area (Å²) in [4.78, 5) is 14.6. The number of fused-ring (bicyclic) bond motifs is 1. The number of likely N-dealkylation sites (tertiary alicyclic amines) is 1. The lowest BCUT2D eigenvalue weighted by molar-refractivity contribution is -0.130. The Morgan fingerprint density at radius 3 is 2.52 bits per heavy atom. The Bertz CT molecular complexity index is 994. The molecule has 2 atom stereocenters. The maximum atomic E-state index is 13.0. The van der Waals surface area contributed by atoms with E-state index in [4.69, 9.17) is 9.47 Å². The number of hydrogen-bond donors (Lipinski definition) is 0. The molecule has 2 aliphatic heterocycles. The van der Waals surface area contributed by atoms with Crippen molar-refractivity contribution in [3.8, 4) is 5.75 Å². The van der Waals surface area contributed by atoms with Crippen molar-refractivity contribution in [2.75, 3.05) is 32.6 Å². The molecule has 8 heteroatoms. The number of benzene rings is 2. The number of nitrogens with zero attached hydrogens (tertiary/aromatic N) is 2. The van der Waals surface area contributed by atoms with E-state index in [0.29, 0.717) is 25.9 Å². The Hall–Kier alpha value is -2.42. The number of methoxy groups -OCH3 is 1. The molecule has 31 heavy (non-hydrogen) atoms. The topological polar surface area (TPSA) is 76.2 Å². The molecule has 0 aromatic heterocycles. The second kappa shape index (κ2) is 9.38. The number of carbonyl (C=O) groups is 1. The van der Waals surface area contributed by atoms with Gasteiger partial charge in [-0.3, -0.25) is 4.79 Å². The fourth-order valence-corrected chi connectivity index (χ4v) is 5.71. The zero-order valence-corrected chi connectivity index (χ0v) is 18.5. The lowest BCUT2D eigenvalue weighted by Crippen LogP contribution is -2.45. The Morgan fingerprint density at radius 1 is 1.06 bits per heavy atom. The first-order chi connectivity index (χ1) is 15.0. The van der Waals surface area contributed by atoms with Gasteiger partial charge in [0, 0.05) is 26.1 Å². The highest BCUT2D eigenvalue weighted by Gasteiger charge is 2.45. The molecule has 2 aromatic rings. The summed E-state index contributed by atoms with van der Waals surface area (Å²) >= 11 is 0. The van der Waals surface area contributed by atoms with Gasteiger partial charge in [-0.15, -0.1) is 0 Å². The lowest BCUT2D eigenvalue weighted by atomic mass is 10.1. The molecule has 2 aromatic carbocycles. The Labute approximate surface area is 183 Å². The third kappa shape index (κ3) is 5.08. The third-order valence-corrected chi connectivity index (χ3v) is 7.75. The van der Waals surface area contributed by atoms with Crippen LogP contribution >= 0.6 is 0 Å². The van der Waals surface area contributed by atoms with Crippen molar-refractivity contribution in [1.82, 2.24) is 9.21 Å². The van der Waals surface area contributed by atoms with Gasteiger partial charge in [0.2, 0.25) is 15.9 Å². The van der Waals surface area contributed by atoms with Gasteiger partial charge >= 0.3 is 0 Å². The van der Waals surface area contributed by atoms with Gasteiger partial charge in [0.15, 0.2) is 0 Å². The normalized spacial score (nSPS) is 23.2. The van der Waals surface area contributed by atoms with Crippen molar-refractivity contribution in [1.29, 1.82) is 0 Å². The monoisotopic (exact) mass is 444 g/mol. The van der Waals surface area contributed by atoms with Gasteiger partial charge in [0.1, 0.15) is 5.75 Å². The van der Waals surface area contributed by atoms with E-state index in [9.17, 15) is 13.2 Å². The number of sulfonamides is 1. The van der Waals surface area contributed by atoms with E-state index in [1.165, 1.54) is 4.31 Å². The molecule has 0 bridgehead atoms. The molecule has 4 rings (SSSR count). The van der Waals surface area contributed by atoms with Crippen molar-refractivity contribution in [3.63, 3.8) is 0 Å². The molecule has 2 saturated heterocycles. The fourth-order valence-electron chi connectivity index (χ4n) is 4.21.